The third-order valence-electron chi connectivity index (χ3n) is 5.21. The Morgan fingerprint density at radius 2 is 1.83 bits per heavy atom. The van der Waals surface area contributed by atoms with Gasteiger partial charge in [0.15, 0.2) is 5.16 Å². The number of hydrogen-bond acceptors (Lipinski definition) is 4. The number of hydrogen-bond donors (Lipinski definition) is 1. The fourth-order valence-corrected chi connectivity index (χ4v) is 4.46. The maximum atomic E-state index is 13.0. The summed E-state index contributed by atoms with van der Waals surface area (Å²) < 4.78 is 1.60. The van der Waals surface area contributed by atoms with Crippen molar-refractivity contribution < 1.29 is 4.79 Å². The largest absolute Gasteiger partial charge is 0.355 e. The van der Waals surface area contributed by atoms with Crippen LogP contribution in [-0.2, 0) is 18.3 Å². The number of carbonyl (C=O) groups is 1. The van der Waals surface area contributed by atoms with Crippen LogP contribution in [0, 0.1) is 6.92 Å². The van der Waals surface area contributed by atoms with Crippen LogP contribution in [0.4, 0.5) is 0 Å². The number of thioether (sulfide) groups is 1. The minimum absolute atomic E-state index is 0.0357. The quantitative estimate of drug-likeness (QED) is 0.303. The first-order chi connectivity index (χ1) is 14.5. The lowest BCUT2D eigenvalue weighted by molar-refractivity contribution is -0.120. The van der Waals surface area contributed by atoms with E-state index in [4.69, 9.17) is 4.98 Å². The molecule has 1 unspecified atom stereocenters. The molecule has 2 rings (SSSR count). The summed E-state index contributed by atoms with van der Waals surface area (Å²) in [6, 6.07) is 9.96. The van der Waals surface area contributed by atoms with Crippen LogP contribution >= 0.6 is 11.8 Å². The molecule has 30 heavy (non-hydrogen) atoms. The second-order valence-electron chi connectivity index (χ2n) is 7.73. The Morgan fingerprint density at radius 3 is 2.50 bits per heavy atom. The highest BCUT2D eigenvalue weighted by atomic mass is 32.2. The Morgan fingerprint density at radius 1 is 1.13 bits per heavy atom. The van der Waals surface area contributed by atoms with Gasteiger partial charge in [-0.2, -0.15) is 0 Å². The minimum atomic E-state index is -0.232. The van der Waals surface area contributed by atoms with Gasteiger partial charge in [0, 0.05) is 31.3 Å². The maximum absolute atomic E-state index is 13.0. The predicted octanol–water partition coefficient (Wildman–Crippen LogP) is 4.64. The molecule has 1 heterocycles. The van der Waals surface area contributed by atoms with E-state index in [1.807, 2.05) is 37.3 Å². The van der Waals surface area contributed by atoms with Crippen LogP contribution in [0.2, 0.25) is 0 Å². The molecule has 1 N–H and O–H groups in total. The molecule has 0 aliphatic heterocycles. The van der Waals surface area contributed by atoms with E-state index in [9.17, 15) is 9.59 Å². The van der Waals surface area contributed by atoms with Gasteiger partial charge in [-0.05, 0) is 25.3 Å². The molecule has 0 aliphatic rings. The monoisotopic (exact) mass is 429 g/mol. The molecule has 6 heteroatoms. The first-order valence-corrected chi connectivity index (χ1v) is 11.9. The summed E-state index contributed by atoms with van der Waals surface area (Å²) in [6.07, 6.45) is 6.59. The van der Waals surface area contributed by atoms with Crippen LogP contribution in [0.25, 0.3) is 0 Å². The molecule has 1 aromatic heterocycles. The molecule has 0 bridgehead atoms. The van der Waals surface area contributed by atoms with Crippen LogP contribution in [0.1, 0.15) is 69.2 Å². The molecule has 0 saturated heterocycles. The topological polar surface area (TPSA) is 64.0 Å². The van der Waals surface area contributed by atoms with Crippen molar-refractivity contribution in [1.29, 1.82) is 0 Å². The molecule has 0 fully saturated rings. The zero-order valence-electron chi connectivity index (χ0n) is 18.7. The average Bonchev–Trinajstić information content (AvgIpc) is 2.75. The van der Waals surface area contributed by atoms with E-state index in [1.165, 1.54) is 11.8 Å². The Labute approximate surface area is 184 Å². The zero-order valence-corrected chi connectivity index (χ0v) is 19.6. The van der Waals surface area contributed by atoms with Crippen molar-refractivity contribution in [2.24, 2.45) is 7.05 Å². The highest BCUT2D eigenvalue weighted by Gasteiger charge is 2.22. The van der Waals surface area contributed by atoms with Crippen molar-refractivity contribution in [3.05, 3.63) is 57.5 Å². The van der Waals surface area contributed by atoms with Crippen LogP contribution in [-0.4, -0.2) is 27.3 Å². The molecule has 0 radical (unpaired) electrons. The van der Waals surface area contributed by atoms with Gasteiger partial charge in [0.05, 0.1) is 5.25 Å². The predicted molar refractivity (Wildman–Crippen MR) is 125 cm³/mol. The number of benzene rings is 1. The zero-order chi connectivity index (χ0) is 21.9. The number of amides is 1. The maximum Gasteiger partial charge on any atom is 0.257 e. The summed E-state index contributed by atoms with van der Waals surface area (Å²) >= 11 is 1.41. The number of aromatic nitrogens is 2. The number of unbranched alkanes of at least 4 members (excludes halogenated alkanes) is 3. The van der Waals surface area contributed by atoms with Crippen LogP contribution in [0.5, 0.6) is 0 Å². The van der Waals surface area contributed by atoms with Gasteiger partial charge in [-0.1, -0.05) is 81.6 Å². The molecule has 1 amide bonds. The van der Waals surface area contributed by atoms with Crippen molar-refractivity contribution in [3.63, 3.8) is 0 Å². The third kappa shape index (κ3) is 7.01. The van der Waals surface area contributed by atoms with Gasteiger partial charge in [0.2, 0.25) is 5.91 Å². The Bertz CT molecular complexity index is 865. The minimum Gasteiger partial charge on any atom is -0.355 e. The number of nitrogens with one attached hydrogen (secondary N) is 1. The van der Waals surface area contributed by atoms with Crippen molar-refractivity contribution in [3.8, 4) is 0 Å². The molecule has 1 aromatic carbocycles. The molecule has 0 aliphatic carbocycles. The van der Waals surface area contributed by atoms with Gasteiger partial charge < -0.3 is 5.32 Å². The molecule has 1 atom stereocenters. The normalized spacial score (nSPS) is 12.0. The van der Waals surface area contributed by atoms with Crippen LogP contribution in [0.3, 0.4) is 0 Å². The Kier molecular flexibility index (Phi) is 10.1. The Balaban J connectivity index is 2.19. The lowest BCUT2D eigenvalue weighted by Gasteiger charge is -2.18. The molecule has 0 spiro atoms. The molecule has 5 nitrogen and oxygen atoms in total. The van der Waals surface area contributed by atoms with Crippen LogP contribution < -0.4 is 10.9 Å². The fourth-order valence-electron chi connectivity index (χ4n) is 3.30. The molecule has 2 aromatic rings. The lowest BCUT2D eigenvalue weighted by atomic mass is 10.1. The van der Waals surface area contributed by atoms with Crippen molar-refractivity contribution >= 4 is 17.7 Å². The summed E-state index contributed by atoms with van der Waals surface area (Å²) in [5.74, 6) is 0.0461. The van der Waals surface area contributed by atoms with Crippen molar-refractivity contribution in [2.75, 3.05) is 6.54 Å². The number of carbonyl (C=O) groups excluding carboxylic acids is 1. The Hall–Kier alpha value is -2.08. The van der Waals surface area contributed by atoms with E-state index in [0.29, 0.717) is 23.7 Å². The number of aryl methyl sites for hydroxylation is 1. The molecular formula is C24H35N3O2S. The summed E-state index contributed by atoms with van der Waals surface area (Å²) in [4.78, 5) is 30.5. The average molecular weight is 430 g/mol. The van der Waals surface area contributed by atoms with E-state index in [0.717, 1.165) is 49.8 Å². The number of nitrogens with zero attached hydrogens (tertiary/aromatic N) is 2. The van der Waals surface area contributed by atoms with Crippen molar-refractivity contribution in [2.45, 2.75) is 76.1 Å². The van der Waals surface area contributed by atoms with Crippen LogP contribution in [0.15, 0.2) is 40.3 Å². The second-order valence-corrected chi connectivity index (χ2v) is 8.90. The summed E-state index contributed by atoms with van der Waals surface area (Å²) in [5, 5.41) is 3.44. The van der Waals surface area contributed by atoms with Crippen molar-refractivity contribution in [1.82, 2.24) is 14.9 Å². The van der Waals surface area contributed by atoms with E-state index in [2.05, 4.69) is 19.2 Å². The molecular weight excluding hydrogens is 394 g/mol. The standard InChI is InChI=1S/C24H35N3O2S/c1-5-7-12-16-25-22(28)21(15-8-6-2)30-24-26-18(3)20(23(29)27(24)4)17-19-13-10-9-11-14-19/h9-11,13-14,21H,5-8,12,15-17H2,1-4H3,(H,25,28). The molecule has 164 valence electrons. The van der Waals surface area contributed by atoms with E-state index in [-0.39, 0.29) is 16.7 Å². The SMILES string of the molecule is CCCCCNC(=O)C(CCCC)Sc1nc(C)c(Cc2ccccc2)c(=O)n1C. The summed E-state index contributed by atoms with van der Waals surface area (Å²) in [7, 11) is 1.75. The third-order valence-corrected chi connectivity index (χ3v) is 6.52. The summed E-state index contributed by atoms with van der Waals surface area (Å²) in [5.41, 5.74) is 2.50. The van der Waals surface area contributed by atoms with E-state index in [1.54, 1.807) is 11.6 Å². The number of rotatable bonds is 12. The van der Waals surface area contributed by atoms with Gasteiger partial charge in [-0.25, -0.2) is 4.98 Å². The highest BCUT2D eigenvalue weighted by Crippen LogP contribution is 2.25. The smallest absolute Gasteiger partial charge is 0.257 e. The van der Waals surface area contributed by atoms with Gasteiger partial charge >= 0.3 is 0 Å². The second kappa shape index (κ2) is 12.6. The fraction of sp³-hybridized carbons (Fsp3) is 0.542. The molecule has 0 saturated carbocycles. The van der Waals surface area contributed by atoms with Gasteiger partial charge in [-0.15, -0.1) is 0 Å². The first-order valence-electron chi connectivity index (χ1n) is 11.0. The van der Waals surface area contributed by atoms with E-state index < -0.39 is 0 Å². The van der Waals surface area contributed by atoms with Gasteiger partial charge in [-0.3, -0.25) is 14.2 Å². The first kappa shape index (κ1) is 24.2. The van der Waals surface area contributed by atoms with Gasteiger partial charge in [0.25, 0.3) is 5.56 Å². The summed E-state index contributed by atoms with van der Waals surface area (Å²) in [6.45, 7) is 6.86. The lowest BCUT2D eigenvalue weighted by Crippen LogP contribution is -2.34. The van der Waals surface area contributed by atoms with Gasteiger partial charge in [0.1, 0.15) is 0 Å². The van der Waals surface area contributed by atoms with E-state index >= 15 is 0 Å². The highest BCUT2D eigenvalue weighted by molar-refractivity contribution is 8.00.